The first kappa shape index (κ1) is 8.66. The third kappa shape index (κ3) is 2.63. The second kappa shape index (κ2) is 4.53. The lowest BCUT2D eigenvalue weighted by atomic mass is 10.1. The molecule has 54 valence electrons. The molecule has 0 aromatic carbocycles. The third-order valence-electron chi connectivity index (χ3n) is 1.49. The molecule has 2 heteroatoms. The second-order valence-corrected chi connectivity index (χ2v) is 2.02. The van der Waals surface area contributed by atoms with Crippen molar-refractivity contribution in [3.05, 3.63) is 12.7 Å². The van der Waals surface area contributed by atoms with Crippen LogP contribution in [0.1, 0.15) is 6.92 Å². The average Bonchev–Trinajstić information content (AvgIpc) is 1.90. The Labute approximate surface area is 56.1 Å². The molecule has 2 nitrogen and oxygen atoms in total. The average molecular weight is 130 g/mol. The minimum atomic E-state index is 0.0625. The van der Waals surface area contributed by atoms with Crippen LogP contribution in [0.3, 0.4) is 0 Å². The summed E-state index contributed by atoms with van der Waals surface area (Å²) in [7, 11) is 1.62. The molecule has 0 saturated heterocycles. The SMILES string of the molecule is C=CC(CO)C(C)OC. The normalized spacial score (nSPS) is 16.8. The van der Waals surface area contributed by atoms with Crippen LogP contribution >= 0.6 is 0 Å². The topological polar surface area (TPSA) is 29.5 Å². The number of aliphatic hydroxyl groups is 1. The van der Waals surface area contributed by atoms with Gasteiger partial charge in [-0.3, -0.25) is 0 Å². The maximum atomic E-state index is 8.68. The van der Waals surface area contributed by atoms with Crippen molar-refractivity contribution >= 4 is 0 Å². The van der Waals surface area contributed by atoms with Crippen LogP contribution in [-0.4, -0.2) is 24.9 Å². The molecular weight excluding hydrogens is 116 g/mol. The van der Waals surface area contributed by atoms with Crippen LogP contribution in [0.5, 0.6) is 0 Å². The summed E-state index contributed by atoms with van der Waals surface area (Å²) in [4.78, 5) is 0. The van der Waals surface area contributed by atoms with Gasteiger partial charge in [0.15, 0.2) is 0 Å². The summed E-state index contributed by atoms with van der Waals surface area (Å²) in [6.45, 7) is 5.58. The molecule has 0 aliphatic carbocycles. The summed E-state index contributed by atoms with van der Waals surface area (Å²) in [6, 6.07) is 0. The molecule has 0 saturated carbocycles. The number of aliphatic hydroxyl groups excluding tert-OH is 1. The van der Waals surface area contributed by atoms with Crippen molar-refractivity contribution in [3.8, 4) is 0 Å². The largest absolute Gasteiger partial charge is 0.396 e. The highest BCUT2D eigenvalue weighted by Crippen LogP contribution is 2.05. The van der Waals surface area contributed by atoms with Gasteiger partial charge in [-0.2, -0.15) is 0 Å². The maximum absolute atomic E-state index is 8.68. The van der Waals surface area contributed by atoms with Crippen molar-refractivity contribution in [3.63, 3.8) is 0 Å². The standard InChI is InChI=1S/C7H14O2/c1-4-7(5-8)6(2)9-3/h4,6-8H,1,5H2,2-3H3. The minimum Gasteiger partial charge on any atom is -0.396 e. The molecular formula is C7H14O2. The lowest BCUT2D eigenvalue weighted by molar-refractivity contribution is 0.0590. The van der Waals surface area contributed by atoms with Crippen LogP contribution in [0.15, 0.2) is 12.7 Å². The van der Waals surface area contributed by atoms with Crippen molar-refractivity contribution < 1.29 is 9.84 Å². The van der Waals surface area contributed by atoms with Crippen LogP contribution in [0.2, 0.25) is 0 Å². The van der Waals surface area contributed by atoms with E-state index in [1.165, 1.54) is 0 Å². The Hall–Kier alpha value is -0.340. The van der Waals surface area contributed by atoms with E-state index in [1.807, 2.05) is 6.92 Å². The molecule has 0 amide bonds. The van der Waals surface area contributed by atoms with Gasteiger partial charge in [-0.05, 0) is 6.92 Å². The summed E-state index contributed by atoms with van der Waals surface area (Å²) in [5.74, 6) is 0.0648. The Morgan fingerprint density at radius 1 is 1.78 bits per heavy atom. The fourth-order valence-corrected chi connectivity index (χ4v) is 0.589. The fourth-order valence-electron chi connectivity index (χ4n) is 0.589. The van der Waals surface area contributed by atoms with E-state index in [0.717, 1.165) is 0 Å². The molecule has 0 aromatic rings. The zero-order valence-corrected chi connectivity index (χ0v) is 6.00. The van der Waals surface area contributed by atoms with Crippen molar-refractivity contribution in [1.29, 1.82) is 0 Å². The van der Waals surface area contributed by atoms with Crippen LogP contribution in [0.25, 0.3) is 0 Å². The van der Waals surface area contributed by atoms with Gasteiger partial charge in [0.1, 0.15) is 0 Å². The van der Waals surface area contributed by atoms with Gasteiger partial charge in [-0.15, -0.1) is 6.58 Å². The maximum Gasteiger partial charge on any atom is 0.0627 e. The summed E-state index contributed by atoms with van der Waals surface area (Å²) in [5, 5.41) is 8.68. The van der Waals surface area contributed by atoms with Crippen LogP contribution < -0.4 is 0 Å². The van der Waals surface area contributed by atoms with Crippen LogP contribution in [0, 0.1) is 5.92 Å². The first-order valence-corrected chi connectivity index (χ1v) is 3.02. The molecule has 0 bridgehead atoms. The molecule has 0 spiro atoms. The van der Waals surface area contributed by atoms with Gasteiger partial charge in [0, 0.05) is 13.0 Å². The monoisotopic (exact) mass is 130 g/mol. The lowest BCUT2D eigenvalue weighted by Gasteiger charge is -2.15. The summed E-state index contributed by atoms with van der Waals surface area (Å²) in [5.41, 5.74) is 0. The summed E-state index contributed by atoms with van der Waals surface area (Å²) < 4.78 is 4.96. The fraction of sp³-hybridized carbons (Fsp3) is 0.714. The first-order chi connectivity index (χ1) is 4.26. The zero-order chi connectivity index (χ0) is 7.28. The van der Waals surface area contributed by atoms with E-state index in [0.29, 0.717) is 0 Å². The molecule has 0 aromatic heterocycles. The highest BCUT2D eigenvalue weighted by molar-refractivity contribution is 4.82. The Balaban J connectivity index is 3.63. The van der Waals surface area contributed by atoms with Gasteiger partial charge < -0.3 is 9.84 Å². The van der Waals surface area contributed by atoms with Gasteiger partial charge in [-0.25, -0.2) is 0 Å². The van der Waals surface area contributed by atoms with Gasteiger partial charge in [0.2, 0.25) is 0 Å². The Morgan fingerprint density at radius 2 is 2.33 bits per heavy atom. The molecule has 2 unspecified atom stereocenters. The molecule has 2 atom stereocenters. The van der Waals surface area contributed by atoms with Crippen LogP contribution in [-0.2, 0) is 4.74 Å². The quantitative estimate of drug-likeness (QED) is 0.571. The van der Waals surface area contributed by atoms with Crippen molar-refractivity contribution in [1.82, 2.24) is 0 Å². The van der Waals surface area contributed by atoms with Crippen molar-refractivity contribution in [2.45, 2.75) is 13.0 Å². The predicted octanol–water partition coefficient (Wildman–Crippen LogP) is 0.816. The predicted molar refractivity (Wildman–Crippen MR) is 37.2 cm³/mol. The van der Waals surface area contributed by atoms with E-state index in [1.54, 1.807) is 13.2 Å². The van der Waals surface area contributed by atoms with Gasteiger partial charge in [0.05, 0.1) is 12.7 Å². The smallest absolute Gasteiger partial charge is 0.0627 e. The highest BCUT2D eigenvalue weighted by atomic mass is 16.5. The highest BCUT2D eigenvalue weighted by Gasteiger charge is 2.10. The number of methoxy groups -OCH3 is 1. The molecule has 0 heterocycles. The van der Waals surface area contributed by atoms with E-state index in [4.69, 9.17) is 9.84 Å². The van der Waals surface area contributed by atoms with Crippen LogP contribution in [0.4, 0.5) is 0 Å². The minimum absolute atomic E-state index is 0.0625. The van der Waals surface area contributed by atoms with E-state index >= 15 is 0 Å². The van der Waals surface area contributed by atoms with Gasteiger partial charge in [0.25, 0.3) is 0 Å². The van der Waals surface area contributed by atoms with E-state index < -0.39 is 0 Å². The third-order valence-corrected chi connectivity index (χ3v) is 1.49. The summed E-state index contributed by atoms with van der Waals surface area (Å²) >= 11 is 0. The lowest BCUT2D eigenvalue weighted by Crippen LogP contribution is -2.20. The molecule has 0 aliphatic heterocycles. The molecule has 0 aliphatic rings. The summed E-state index contributed by atoms with van der Waals surface area (Å²) in [6.07, 6.45) is 1.77. The Bertz CT molecular complexity index is 81.0. The molecule has 9 heavy (non-hydrogen) atoms. The molecule has 1 N–H and O–H groups in total. The number of ether oxygens (including phenoxy) is 1. The zero-order valence-electron chi connectivity index (χ0n) is 6.00. The van der Waals surface area contributed by atoms with E-state index in [-0.39, 0.29) is 18.6 Å². The number of hydrogen-bond acceptors (Lipinski definition) is 2. The van der Waals surface area contributed by atoms with E-state index in [9.17, 15) is 0 Å². The van der Waals surface area contributed by atoms with E-state index in [2.05, 4.69) is 6.58 Å². The molecule has 0 fully saturated rings. The Kier molecular flexibility index (Phi) is 4.36. The van der Waals surface area contributed by atoms with Crippen molar-refractivity contribution in [2.75, 3.05) is 13.7 Å². The van der Waals surface area contributed by atoms with Gasteiger partial charge in [-0.1, -0.05) is 6.08 Å². The molecule has 0 radical (unpaired) electrons. The van der Waals surface area contributed by atoms with Crippen molar-refractivity contribution in [2.24, 2.45) is 5.92 Å². The van der Waals surface area contributed by atoms with Gasteiger partial charge >= 0.3 is 0 Å². The number of rotatable bonds is 4. The molecule has 0 rings (SSSR count). The first-order valence-electron chi connectivity index (χ1n) is 3.02. The second-order valence-electron chi connectivity index (χ2n) is 2.02. The Morgan fingerprint density at radius 3 is 2.44 bits per heavy atom. The number of hydrogen-bond donors (Lipinski definition) is 1.